The van der Waals surface area contributed by atoms with Crippen molar-refractivity contribution in [2.24, 2.45) is 11.3 Å². The summed E-state index contributed by atoms with van der Waals surface area (Å²) in [4.78, 5) is 36.7. The minimum atomic E-state index is -0.557. The van der Waals surface area contributed by atoms with Gasteiger partial charge in [-0.15, -0.1) is 11.3 Å². The van der Waals surface area contributed by atoms with Crippen LogP contribution in [0.25, 0.3) is 0 Å². The zero-order valence-corrected chi connectivity index (χ0v) is 18.2. The Hall–Kier alpha value is -1.89. The smallest absolute Gasteiger partial charge is 0.349 e. The van der Waals surface area contributed by atoms with Crippen LogP contribution in [-0.2, 0) is 14.3 Å². The Kier molecular flexibility index (Phi) is 8.47. The molecule has 0 aliphatic rings. The highest BCUT2D eigenvalue weighted by Crippen LogP contribution is 2.29. The van der Waals surface area contributed by atoms with Gasteiger partial charge in [-0.1, -0.05) is 34.6 Å². The molecule has 0 spiro atoms. The number of nitrogens with one attached hydrogen (secondary N) is 2. The standard InChI is InChI=1S/C20H32N2O4S/c1-12(2)8-9-14(4)21-15(23)11-26-18(24)17-13(3)10-16(27-17)22-19(25)20(5,6)7/h10,12,14H,8-9,11H2,1-7H3,(H,21,23)(H,22,25)/t14-/m0/s1. The van der Waals surface area contributed by atoms with Crippen molar-refractivity contribution < 1.29 is 19.1 Å². The lowest BCUT2D eigenvalue weighted by Gasteiger charge is -2.16. The summed E-state index contributed by atoms with van der Waals surface area (Å²) < 4.78 is 5.13. The zero-order chi connectivity index (χ0) is 20.8. The lowest BCUT2D eigenvalue weighted by molar-refractivity contribution is -0.125. The molecule has 0 aliphatic carbocycles. The maximum absolute atomic E-state index is 12.3. The van der Waals surface area contributed by atoms with E-state index in [9.17, 15) is 14.4 Å². The molecule has 0 bridgehead atoms. The molecule has 1 atom stereocenters. The lowest BCUT2D eigenvalue weighted by Crippen LogP contribution is -2.36. The molecule has 2 amide bonds. The highest BCUT2D eigenvalue weighted by atomic mass is 32.1. The molecule has 0 saturated carbocycles. The van der Waals surface area contributed by atoms with Crippen LogP contribution in [0.4, 0.5) is 5.00 Å². The molecule has 152 valence electrons. The van der Waals surface area contributed by atoms with Gasteiger partial charge in [0.15, 0.2) is 6.61 Å². The second-order valence-corrected chi connectivity index (χ2v) is 9.40. The molecule has 0 radical (unpaired) electrons. The highest BCUT2D eigenvalue weighted by molar-refractivity contribution is 7.18. The van der Waals surface area contributed by atoms with E-state index in [1.807, 2.05) is 27.7 Å². The SMILES string of the molecule is Cc1cc(NC(=O)C(C)(C)C)sc1C(=O)OCC(=O)N[C@@H](C)CCC(C)C. The van der Waals surface area contributed by atoms with Crippen LogP contribution in [0.3, 0.4) is 0 Å². The molecule has 0 aromatic carbocycles. The maximum Gasteiger partial charge on any atom is 0.349 e. The number of amides is 2. The van der Waals surface area contributed by atoms with Crippen LogP contribution in [0.5, 0.6) is 0 Å². The average molecular weight is 397 g/mol. The van der Waals surface area contributed by atoms with E-state index in [2.05, 4.69) is 24.5 Å². The third kappa shape index (κ3) is 8.12. The fourth-order valence-corrected chi connectivity index (χ4v) is 3.18. The van der Waals surface area contributed by atoms with E-state index in [0.717, 1.165) is 24.2 Å². The Morgan fingerprint density at radius 1 is 1.15 bits per heavy atom. The normalized spacial score (nSPS) is 12.6. The molecule has 1 aromatic heterocycles. The van der Waals surface area contributed by atoms with Crippen LogP contribution in [-0.4, -0.2) is 30.4 Å². The fraction of sp³-hybridized carbons (Fsp3) is 0.650. The highest BCUT2D eigenvalue weighted by Gasteiger charge is 2.23. The Bertz CT molecular complexity index is 674. The van der Waals surface area contributed by atoms with Gasteiger partial charge < -0.3 is 15.4 Å². The van der Waals surface area contributed by atoms with Crippen LogP contribution >= 0.6 is 11.3 Å². The summed E-state index contributed by atoms with van der Waals surface area (Å²) in [5.41, 5.74) is 0.183. The molecule has 0 aliphatic heterocycles. The number of anilines is 1. The van der Waals surface area contributed by atoms with Gasteiger partial charge in [0.25, 0.3) is 5.91 Å². The van der Waals surface area contributed by atoms with E-state index >= 15 is 0 Å². The fourth-order valence-electron chi connectivity index (χ4n) is 2.21. The second-order valence-electron chi connectivity index (χ2n) is 8.34. The van der Waals surface area contributed by atoms with Gasteiger partial charge in [0, 0.05) is 11.5 Å². The molecular weight excluding hydrogens is 364 g/mol. The van der Waals surface area contributed by atoms with Crippen molar-refractivity contribution in [3.63, 3.8) is 0 Å². The second kappa shape index (κ2) is 9.88. The molecule has 0 fully saturated rings. The van der Waals surface area contributed by atoms with E-state index < -0.39 is 11.4 Å². The number of esters is 1. The Morgan fingerprint density at radius 2 is 1.78 bits per heavy atom. The molecule has 1 heterocycles. The Morgan fingerprint density at radius 3 is 2.33 bits per heavy atom. The third-order valence-electron chi connectivity index (χ3n) is 3.94. The predicted molar refractivity (Wildman–Crippen MR) is 109 cm³/mol. The van der Waals surface area contributed by atoms with E-state index in [-0.39, 0.29) is 24.5 Å². The molecule has 2 N–H and O–H groups in total. The number of aryl methyl sites for hydroxylation is 1. The molecule has 6 nitrogen and oxygen atoms in total. The number of ether oxygens (including phenoxy) is 1. The van der Waals surface area contributed by atoms with Crippen LogP contribution in [0.2, 0.25) is 0 Å². The number of rotatable bonds is 8. The van der Waals surface area contributed by atoms with Crippen LogP contribution < -0.4 is 10.6 Å². The summed E-state index contributed by atoms with van der Waals surface area (Å²) in [6, 6.07) is 1.78. The molecule has 1 rings (SSSR count). The maximum atomic E-state index is 12.3. The van der Waals surface area contributed by atoms with Crippen molar-refractivity contribution in [1.82, 2.24) is 5.32 Å². The molecule has 1 aromatic rings. The minimum absolute atomic E-state index is 0.0429. The van der Waals surface area contributed by atoms with Crippen molar-refractivity contribution in [3.8, 4) is 0 Å². The van der Waals surface area contributed by atoms with Gasteiger partial charge >= 0.3 is 5.97 Å². The predicted octanol–water partition coefficient (Wildman–Crippen LogP) is 4.14. The molecule has 0 unspecified atom stereocenters. The summed E-state index contributed by atoms with van der Waals surface area (Å²) in [5.74, 6) is -0.413. The monoisotopic (exact) mass is 396 g/mol. The van der Waals surface area contributed by atoms with Gasteiger partial charge in [0.2, 0.25) is 5.91 Å². The van der Waals surface area contributed by atoms with Crippen LogP contribution in [0.1, 0.15) is 69.6 Å². The average Bonchev–Trinajstić information content (AvgIpc) is 2.90. The quantitative estimate of drug-likeness (QED) is 0.647. The molecule has 0 saturated heterocycles. The van der Waals surface area contributed by atoms with Gasteiger partial charge in [0.05, 0.1) is 5.00 Å². The Labute approximate surface area is 166 Å². The van der Waals surface area contributed by atoms with E-state index in [0.29, 0.717) is 21.4 Å². The van der Waals surface area contributed by atoms with Crippen LogP contribution in [0, 0.1) is 18.3 Å². The Balaban J connectivity index is 2.55. The number of carbonyl (C=O) groups is 3. The van der Waals surface area contributed by atoms with Gasteiger partial charge in [-0.2, -0.15) is 0 Å². The van der Waals surface area contributed by atoms with Crippen molar-refractivity contribution in [2.45, 2.75) is 67.3 Å². The first kappa shape index (κ1) is 23.1. The first-order valence-electron chi connectivity index (χ1n) is 9.28. The van der Waals surface area contributed by atoms with Crippen LogP contribution in [0.15, 0.2) is 6.07 Å². The third-order valence-corrected chi connectivity index (χ3v) is 5.07. The minimum Gasteiger partial charge on any atom is -0.451 e. The topological polar surface area (TPSA) is 84.5 Å². The summed E-state index contributed by atoms with van der Waals surface area (Å²) in [5, 5.41) is 6.23. The first-order chi connectivity index (χ1) is 12.4. The molecule has 27 heavy (non-hydrogen) atoms. The van der Waals surface area contributed by atoms with Gasteiger partial charge in [-0.25, -0.2) is 4.79 Å². The summed E-state index contributed by atoms with van der Waals surface area (Å²) >= 11 is 1.15. The summed E-state index contributed by atoms with van der Waals surface area (Å²) in [6.45, 7) is 13.1. The van der Waals surface area contributed by atoms with E-state index in [1.165, 1.54) is 0 Å². The van der Waals surface area contributed by atoms with Crippen molar-refractivity contribution in [3.05, 3.63) is 16.5 Å². The number of carbonyl (C=O) groups excluding carboxylic acids is 3. The van der Waals surface area contributed by atoms with E-state index in [1.54, 1.807) is 13.0 Å². The summed E-state index contributed by atoms with van der Waals surface area (Å²) in [6.07, 6.45) is 1.91. The zero-order valence-electron chi connectivity index (χ0n) is 17.4. The van der Waals surface area contributed by atoms with Crippen molar-refractivity contribution >= 4 is 34.1 Å². The van der Waals surface area contributed by atoms with E-state index in [4.69, 9.17) is 4.74 Å². The van der Waals surface area contributed by atoms with Gasteiger partial charge in [-0.3, -0.25) is 9.59 Å². The molecule has 7 heteroatoms. The molecular formula is C20H32N2O4S. The lowest BCUT2D eigenvalue weighted by atomic mass is 9.96. The van der Waals surface area contributed by atoms with Gasteiger partial charge in [0.1, 0.15) is 4.88 Å². The largest absolute Gasteiger partial charge is 0.451 e. The van der Waals surface area contributed by atoms with Crippen molar-refractivity contribution in [2.75, 3.05) is 11.9 Å². The van der Waals surface area contributed by atoms with Crippen molar-refractivity contribution in [1.29, 1.82) is 0 Å². The number of hydrogen-bond acceptors (Lipinski definition) is 5. The number of thiophene rings is 1. The number of hydrogen-bond donors (Lipinski definition) is 2. The van der Waals surface area contributed by atoms with Gasteiger partial charge in [-0.05, 0) is 44.2 Å². The summed E-state index contributed by atoms with van der Waals surface area (Å²) in [7, 11) is 0. The first-order valence-corrected chi connectivity index (χ1v) is 10.1.